The molecular formula is C16H26N2O2S. The normalized spacial score (nSPS) is 18.3. The molecule has 3 N–H and O–H groups in total. The van der Waals surface area contributed by atoms with Crippen LogP contribution in [-0.2, 0) is 15.4 Å². The number of sulfonamides is 1. The number of nitrogens with one attached hydrogen (secondary N) is 1. The number of aryl methyl sites for hydroxylation is 1. The Hall–Kier alpha value is -0.910. The highest BCUT2D eigenvalue weighted by atomic mass is 32.2. The monoisotopic (exact) mass is 310 g/mol. The van der Waals surface area contributed by atoms with E-state index in [4.69, 9.17) is 5.73 Å². The van der Waals surface area contributed by atoms with Crippen LogP contribution in [0.15, 0.2) is 23.1 Å². The third kappa shape index (κ3) is 3.65. The Labute approximate surface area is 128 Å². The SMILES string of the molecule is Cc1ccc(C(C)(C)C)cc1S(=O)(=O)NCC1(N)CCC1. The fourth-order valence-corrected chi connectivity index (χ4v) is 3.89. The molecule has 1 aromatic carbocycles. The van der Waals surface area contributed by atoms with Crippen LogP contribution in [0.5, 0.6) is 0 Å². The van der Waals surface area contributed by atoms with E-state index in [1.165, 1.54) is 0 Å². The molecule has 2 rings (SSSR count). The zero-order valence-corrected chi connectivity index (χ0v) is 14.2. The molecule has 1 aliphatic carbocycles. The van der Waals surface area contributed by atoms with Gasteiger partial charge >= 0.3 is 0 Å². The van der Waals surface area contributed by atoms with E-state index in [9.17, 15) is 8.42 Å². The van der Waals surface area contributed by atoms with Gasteiger partial charge in [0.1, 0.15) is 0 Å². The summed E-state index contributed by atoms with van der Waals surface area (Å²) in [6.45, 7) is 8.36. The van der Waals surface area contributed by atoms with E-state index in [-0.39, 0.29) is 11.0 Å². The van der Waals surface area contributed by atoms with Gasteiger partial charge in [-0.15, -0.1) is 0 Å². The van der Waals surface area contributed by atoms with E-state index in [1.54, 1.807) is 6.07 Å². The summed E-state index contributed by atoms with van der Waals surface area (Å²) in [7, 11) is -3.51. The molecule has 0 radical (unpaired) electrons. The summed E-state index contributed by atoms with van der Waals surface area (Å²) in [5, 5.41) is 0. The van der Waals surface area contributed by atoms with Gasteiger partial charge in [-0.25, -0.2) is 13.1 Å². The highest BCUT2D eigenvalue weighted by molar-refractivity contribution is 7.89. The standard InChI is InChI=1S/C16H26N2O2S/c1-12-6-7-13(15(2,3)4)10-14(12)21(19,20)18-11-16(17)8-5-9-16/h6-7,10,18H,5,8-9,11,17H2,1-4H3. The van der Waals surface area contributed by atoms with Crippen LogP contribution >= 0.6 is 0 Å². The molecule has 0 heterocycles. The second-order valence-electron chi connectivity index (χ2n) is 7.27. The summed E-state index contributed by atoms with van der Waals surface area (Å²) in [4.78, 5) is 0.359. The quantitative estimate of drug-likeness (QED) is 0.897. The molecule has 1 aromatic rings. The van der Waals surface area contributed by atoms with Crippen molar-refractivity contribution >= 4 is 10.0 Å². The van der Waals surface area contributed by atoms with E-state index >= 15 is 0 Å². The predicted octanol–water partition coefficient (Wildman–Crippen LogP) is 2.45. The van der Waals surface area contributed by atoms with Gasteiger partial charge in [0, 0.05) is 12.1 Å². The lowest BCUT2D eigenvalue weighted by Gasteiger charge is -2.38. The highest BCUT2D eigenvalue weighted by Gasteiger charge is 2.34. The molecule has 0 unspecified atom stereocenters. The molecule has 1 fully saturated rings. The van der Waals surface area contributed by atoms with Gasteiger partial charge in [-0.05, 0) is 48.8 Å². The molecule has 5 heteroatoms. The molecule has 118 valence electrons. The molecule has 4 nitrogen and oxygen atoms in total. The number of benzene rings is 1. The van der Waals surface area contributed by atoms with Crippen molar-refractivity contribution in [2.24, 2.45) is 5.73 Å². The van der Waals surface area contributed by atoms with Gasteiger partial charge in [-0.3, -0.25) is 0 Å². The Morgan fingerprint density at radius 3 is 2.38 bits per heavy atom. The van der Waals surface area contributed by atoms with Crippen molar-refractivity contribution in [1.82, 2.24) is 4.72 Å². The Kier molecular flexibility index (Phi) is 4.21. The van der Waals surface area contributed by atoms with Crippen molar-refractivity contribution in [3.05, 3.63) is 29.3 Å². The summed E-state index contributed by atoms with van der Waals surface area (Å²) < 4.78 is 27.8. The predicted molar refractivity (Wildman–Crippen MR) is 85.8 cm³/mol. The van der Waals surface area contributed by atoms with E-state index < -0.39 is 10.0 Å². The average Bonchev–Trinajstić information content (AvgIpc) is 2.33. The van der Waals surface area contributed by atoms with Gasteiger partial charge in [0.25, 0.3) is 0 Å². The van der Waals surface area contributed by atoms with E-state index in [1.807, 2.05) is 19.1 Å². The van der Waals surface area contributed by atoms with Crippen LogP contribution in [0.4, 0.5) is 0 Å². The van der Waals surface area contributed by atoms with Gasteiger partial charge in [-0.2, -0.15) is 0 Å². The maximum Gasteiger partial charge on any atom is 0.240 e. The summed E-state index contributed by atoms with van der Waals surface area (Å²) in [6.07, 6.45) is 2.85. The first-order chi connectivity index (χ1) is 9.54. The minimum absolute atomic E-state index is 0.0823. The number of nitrogens with two attached hydrogens (primary N) is 1. The number of hydrogen-bond donors (Lipinski definition) is 2. The van der Waals surface area contributed by atoms with Crippen LogP contribution in [0, 0.1) is 6.92 Å². The Morgan fingerprint density at radius 1 is 1.29 bits per heavy atom. The lowest BCUT2D eigenvalue weighted by molar-refractivity contribution is 0.251. The van der Waals surface area contributed by atoms with Gasteiger partial charge in [-0.1, -0.05) is 32.9 Å². The van der Waals surface area contributed by atoms with Crippen molar-refractivity contribution in [3.8, 4) is 0 Å². The van der Waals surface area contributed by atoms with E-state index in [0.29, 0.717) is 11.4 Å². The van der Waals surface area contributed by atoms with Crippen molar-refractivity contribution in [3.63, 3.8) is 0 Å². The fraction of sp³-hybridized carbons (Fsp3) is 0.625. The smallest absolute Gasteiger partial charge is 0.240 e. The van der Waals surface area contributed by atoms with Gasteiger partial charge in [0.05, 0.1) is 4.90 Å². The van der Waals surface area contributed by atoms with E-state index in [2.05, 4.69) is 25.5 Å². The molecule has 1 saturated carbocycles. The minimum atomic E-state index is -3.51. The topological polar surface area (TPSA) is 72.2 Å². The lowest BCUT2D eigenvalue weighted by Crippen LogP contribution is -2.54. The highest BCUT2D eigenvalue weighted by Crippen LogP contribution is 2.30. The summed E-state index contributed by atoms with van der Waals surface area (Å²) in [5.74, 6) is 0. The summed E-state index contributed by atoms with van der Waals surface area (Å²) in [5.41, 5.74) is 7.43. The zero-order valence-electron chi connectivity index (χ0n) is 13.4. The Bertz CT molecular complexity index is 626. The molecular weight excluding hydrogens is 284 g/mol. The first-order valence-corrected chi connectivity index (χ1v) is 8.92. The van der Waals surface area contributed by atoms with Crippen LogP contribution in [-0.4, -0.2) is 20.5 Å². The van der Waals surface area contributed by atoms with Gasteiger partial charge < -0.3 is 5.73 Å². The number of rotatable bonds is 4. The number of hydrogen-bond acceptors (Lipinski definition) is 3. The molecule has 0 saturated heterocycles. The Balaban J connectivity index is 2.26. The molecule has 0 atom stereocenters. The van der Waals surface area contributed by atoms with Crippen LogP contribution < -0.4 is 10.5 Å². The first kappa shape index (κ1) is 16.5. The van der Waals surface area contributed by atoms with Crippen LogP contribution in [0.3, 0.4) is 0 Å². The third-order valence-corrected chi connectivity index (χ3v) is 5.85. The first-order valence-electron chi connectivity index (χ1n) is 7.43. The third-order valence-electron chi connectivity index (χ3n) is 4.31. The summed E-state index contributed by atoms with van der Waals surface area (Å²) >= 11 is 0. The molecule has 0 aromatic heterocycles. The Morgan fingerprint density at radius 2 is 1.90 bits per heavy atom. The second-order valence-corrected chi connectivity index (χ2v) is 9.01. The maximum absolute atomic E-state index is 12.6. The van der Waals surface area contributed by atoms with Crippen LogP contribution in [0.2, 0.25) is 0 Å². The maximum atomic E-state index is 12.6. The molecule has 1 aliphatic rings. The summed E-state index contributed by atoms with van der Waals surface area (Å²) in [6, 6.07) is 5.64. The molecule has 0 bridgehead atoms. The van der Waals surface area contributed by atoms with Crippen LogP contribution in [0.1, 0.15) is 51.2 Å². The minimum Gasteiger partial charge on any atom is -0.324 e. The van der Waals surface area contributed by atoms with E-state index in [0.717, 1.165) is 30.4 Å². The van der Waals surface area contributed by atoms with Crippen LogP contribution in [0.25, 0.3) is 0 Å². The average molecular weight is 310 g/mol. The molecule has 0 aliphatic heterocycles. The van der Waals surface area contributed by atoms with Crippen molar-refractivity contribution in [2.75, 3.05) is 6.54 Å². The molecule has 0 amide bonds. The van der Waals surface area contributed by atoms with Crippen molar-refractivity contribution in [1.29, 1.82) is 0 Å². The largest absolute Gasteiger partial charge is 0.324 e. The van der Waals surface area contributed by atoms with Gasteiger partial charge in [0.15, 0.2) is 0 Å². The van der Waals surface area contributed by atoms with Gasteiger partial charge in [0.2, 0.25) is 10.0 Å². The van der Waals surface area contributed by atoms with Crippen molar-refractivity contribution < 1.29 is 8.42 Å². The lowest BCUT2D eigenvalue weighted by atomic mass is 9.78. The fourth-order valence-electron chi connectivity index (χ4n) is 2.48. The second kappa shape index (κ2) is 5.38. The zero-order chi connectivity index (χ0) is 15.9. The molecule has 21 heavy (non-hydrogen) atoms. The molecule has 0 spiro atoms. The van der Waals surface area contributed by atoms with Crippen molar-refractivity contribution in [2.45, 2.75) is 62.8 Å².